The number of rotatable bonds is 12. The zero-order valence-corrected chi connectivity index (χ0v) is 22.8. The molecule has 2 amide bonds. The number of nitrogens with one attached hydrogen (secondary N) is 2. The van der Waals surface area contributed by atoms with Gasteiger partial charge < -0.3 is 20.5 Å². The van der Waals surface area contributed by atoms with Crippen molar-refractivity contribution in [2.24, 2.45) is 0 Å². The molecule has 1 aliphatic rings. The van der Waals surface area contributed by atoms with Gasteiger partial charge in [-0.25, -0.2) is 17.1 Å². The lowest BCUT2D eigenvalue weighted by Gasteiger charge is -2.37. The number of ether oxygens (including phenoxy) is 1. The molecule has 1 saturated heterocycles. The van der Waals surface area contributed by atoms with Gasteiger partial charge in [-0.15, -0.1) is 0 Å². The number of nitrogens with zero attached hydrogens (tertiary/aromatic N) is 1. The lowest BCUT2D eigenvalue weighted by Crippen LogP contribution is -2.64. The topological polar surface area (TPSA) is 125 Å². The summed E-state index contributed by atoms with van der Waals surface area (Å²) in [6.07, 6.45) is 1.32. The molecule has 9 nitrogen and oxygen atoms in total. The molecular formula is C27H36FN3O6S. The molecule has 0 unspecified atom stereocenters. The Balaban J connectivity index is 1.81. The molecule has 11 heteroatoms. The zero-order chi connectivity index (χ0) is 27.9. The van der Waals surface area contributed by atoms with Gasteiger partial charge in [0.2, 0.25) is 5.91 Å². The fraction of sp³-hybridized carbons (Fsp3) is 0.481. The summed E-state index contributed by atoms with van der Waals surface area (Å²) in [5, 5.41) is 16.7. The van der Waals surface area contributed by atoms with Crippen molar-refractivity contribution in [2.45, 2.75) is 69.5 Å². The number of hydrogen-bond donors (Lipinski definition) is 3. The average molecular weight is 550 g/mol. The van der Waals surface area contributed by atoms with Gasteiger partial charge in [0.15, 0.2) is 0 Å². The van der Waals surface area contributed by atoms with E-state index < -0.39 is 45.8 Å². The number of aliphatic hydroxyl groups is 1. The maximum Gasteiger partial charge on any atom is 0.266 e. The van der Waals surface area contributed by atoms with Gasteiger partial charge in [-0.1, -0.05) is 31.9 Å². The largest absolute Gasteiger partial charge is 0.493 e. The van der Waals surface area contributed by atoms with Crippen LogP contribution >= 0.6 is 0 Å². The van der Waals surface area contributed by atoms with E-state index in [1.165, 1.54) is 31.2 Å². The van der Waals surface area contributed by atoms with E-state index in [0.29, 0.717) is 17.9 Å². The van der Waals surface area contributed by atoms with Crippen LogP contribution in [0.1, 0.15) is 44.2 Å². The lowest BCUT2D eigenvalue weighted by molar-refractivity contribution is -0.135. The van der Waals surface area contributed by atoms with Crippen LogP contribution in [-0.2, 0) is 26.0 Å². The summed E-state index contributed by atoms with van der Waals surface area (Å²) in [5.41, 5.74) is 1.17. The Labute approximate surface area is 223 Å². The van der Waals surface area contributed by atoms with Gasteiger partial charge in [0.05, 0.1) is 23.6 Å². The van der Waals surface area contributed by atoms with Gasteiger partial charge in [0.1, 0.15) is 17.6 Å². The Morgan fingerprint density at radius 3 is 2.71 bits per heavy atom. The summed E-state index contributed by atoms with van der Waals surface area (Å²) >= 11 is 0. The minimum atomic E-state index is -4.15. The second kappa shape index (κ2) is 13.2. The Kier molecular flexibility index (Phi) is 10.2. The van der Waals surface area contributed by atoms with Crippen molar-refractivity contribution >= 4 is 21.8 Å². The van der Waals surface area contributed by atoms with Crippen LogP contribution in [0.5, 0.6) is 5.75 Å². The van der Waals surface area contributed by atoms with Gasteiger partial charge in [-0.05, 0) is 55.2 Å². The van der Waals surface area contributed by atoms with Gasteiger partial charge in [-0.3, -0.25) is 9.59 Å². The number of sulfonamides is 1. The molecule has 0 radical (unpaired) electrons. The van der Waals surface area contributed by atoms with Crippen molar-refractivity contribution in [3.63, 3.8) is 0 Å². The first kappa shape index (κ1) is 29.5. The number of amides is 2. The first-order valence-corrected chi connectivity index (χ1v) is 14.2. The van der Waals surface area contributed by atoms with Crippen molar-refractivity contribution in [3.8, 4) is 5.75 Å². The van der Waals surface area contributed by atoms with Crippen LogP contribution < -0.4 is 15.4 Å². The van der Waals surface area contributed by atoms with Crippen LogP contribution in [-0.4, -0.2) is 67.5 Å². The third-order valence-electron chi connectivity index (χ3n) is 6.31. The molecular weight excluding hydrogens is 513 g/mol. The van der Waals surface area contributed by atoms with Crippen molar-refractivity contribution in [1.82, 2.24) is 14.9 Å². The van der Waals surface area contributed by atoms with E-state index in [4.69, 9.17) is 4.74 Å². The standard InChI is InChI=1S/C27H36FN3O6S/c1-4-5-6-12-37-22-15-20(14-21(28)17-22)16-24(30-19(3)32)26(33)25-27(34)31(11-10-29-25)38(35,36)23-9-7-8-18(2)13-23/h7-9,13-15,17,24-26,29,33H,4-6,10-12,16H2,1-3H3,(H,30,32)/t24-,25-,26-/m0/s1. The third-order valence-corrected chi connectivity index (χ3v) is 8.11. The number of piperazine rings is 1. The predicted octanol–water partition coefficient (Wildman–Crippen LogP) is 2.30. The molecule has 0 bridgehead atoms. The molecule has 1 heterocycles. The Morgan fingerprint density at radius 2 is 2.03 bits per heavy atom. The van der Waals surface area contributed by atoms with Crippen molar-refractivity contribution in [1.29, 1.82) is 0 Å². The Morgan fingerprint density at radius 1 is 1.26 bits per heavy atom. The molecule has 3 atom stereocenters. The molecule has 0 aliphatic carbocycles. The molecule has 3 N–H and O–H groups in total. The van der Waals surface area contributed by atoms with E-state index in [2.05, 4.69) is 17.6 Å². The minimum absolute atomic E-state index is 0.0140. The average Bonchev–Trinajstić information content (AvgIpc) is 2.85. The van der Waals surface area contributed by atoms with Gasteiger partial charge in [0, 0.05) is 26.1 Å². The molecule has 2 aromatic carbocycles. The summed E-state index contributed by atoms with van der Waals surface area (Å²) in [4.78, 5) is 25.3. The highest BCUT2D eigenvalue weighted by atomic mass is 32.2. The summed E-state index contributed by atoms with van der Waals surface area (Å²) in [5.74, 6) is -1.51. The van der Waals surface area contributed by atoms with Gasteiger partial charge in [-0.2, -0.15) is 0 Å². The molecule has 3 rings (SSSR count). The maximum absolute atomic E-state index is 14.3. The number of aryl methyl sites for hydroxylation is 1. The Hall–Kier alpha value is -3.02. The van der Waals surface area contributed by atoms with Crippen LogP contribution in [0.3, 0.4) is 0 Å². The first-order valence-electron chi connectivity index (χ1n) is 12.8. The van der Waals surface area contributed by atoms with Crippen LogP contribution in [0.2, 0.25) is 0 Å². The number of halogens is 1. The smallest absolute Gasteiger partial charge is 0.266 e. The highest BCUT2D eigenvalue weighted by Crippen LogP contribution is 2.23. The summed E-state index contributed by atoms with van der Waals surface area (Å²) < 4.78 is 47.2. The molecule has 2 aromatic rings. The number of benzene rings is 2. The highest BCUT2D eigenvalue weighted by molar-refractivity contribution is 7.89. The van der Waals surface area contributed by atoms with E-state index in [0.717, 1.165) is 29.1 Å². The predicted molar refractivity (Wildman–Crippen MR) is 141 cm³/mol. The lowest BCUT2D eigenvalue weighted by atomic mass is 9.94. The molecule has 38 heavy (non-hydrogen) atoms. The molecule has 1 aliphatic heterocycles. The molecule has 1 fully saturated rings. The van der Waals surface area contributed by atoms with Crippen molar-refractivity contribution in [2.75, 3.05) is 19.7 Å². The van der Waals surface area contributed by atoms with Crippen LogP contribution in [0.25, 0.3) is 0 Å². The van der Waals surface area contributed by atoms with E-state index in [9.17, 15) is 27.5 Å². The molecule has 0 spiro atoms. The second-order valence-corrected chi connectivity index (χ2v) is 11.4. The maximum atomic E-state index is 14.3. The number of unbranched alkanes of at least 4 members (excludes halogenated alkanes) is 2. The molecule has 0 aromatic heterocycles. The fourth-order valence-electron chi connectivity index (χ4n) is 4.45. The van der Waals surface area contributed by atoms with E-state index in [1.54, 1.807) is 25.1 Å². The summed E-state index contributed by atoms with van der Waals surface area (Å²) in [7, 11) is -4.15. The number of carbonyl (C=O) groups excluding carboxylic acids is 2. The third kappa shape index (κ3) is 7.52. The minimum Gasteiger partial charge on any atom is -0.493 e. The van der Waals surface area contributed by atoms with Crippen LogP contribution in [0, 0.1) is 12.7 Å². The normalized spacial score (nSPS) is 17.7. The molecule has 208 valence electrons. The van der Waals surface area contributed by atoms with E-state index >= 15 is 0 Å². The fourth-order valence-corrected chi connectivity index (χ4v) is 5.97. The summed E-state index contributed by atoms with van der Waals surface area (Å²) in [6.45, 7) is 5.51. The number of hydrogen-bond acceptors (Lipinski definition) is 7. The van der Waals surface area contributed by atoms with Crippen LogP contribution in [0.15, 0.2) is 47.4 Å². The summed E-state index contributed by atoms with van der Waals surface area (Å²) in [6, 6.07) is 8.07. The number of aliphatic hydroxyl groups excluding tert-OH is 1. The highest BCUT2D eigenvalue weighted by Gasteiger charge is 2.42. The quantitative estimate of drug-likeness (QED) is 0.347. The van der Waals surface area contributed by atoms with Crippen molar-refractivity contribution in [3.05, 3.63) is 59.4 Å². The SMILES string of the molecule is CCCCCOc1cc(F)cc(C[C@H](NC(C)=O)[C@H](O)[C@@H]2NCCN(S(=O)(=O)c3cccc(C)c3)C2=O)c1. The van der Waals surface area contributed by atoms with Gasteiger partial charge in [0.25, 0.3) is 15.9 Å². The Bertz CT molecular complexity index is 1240. The van der Waals surface area contributed by atoms with Crippen LogP contribution in [0.4, 0.5) is 4.39 Å². The van der Waals surface area contributed by atoms with Gasteiger partial charge >= 0.3 is 0 Å². The second-order valence-electron chi connectivity index (χ2n) is 9.52. The number of carbonyl (C=O) groups is 2. The zero-order valence-electron chi connectivity index (χ0n) is 21.9. The van der Waals surface area contributed by atoms with E-state index in [-0.39, 0.29) is 24.4 Å². The monoisotopic (exact) mass is 549 g/mol. The van der Waals surface area contributed by atoms with Crippen molar-refractivity contribution < 1.29 is 32.2 Å². The first-order chi connectivity index (χ1) is 18.0. The van der Waals surface area contributed by atoms with E-state index in [1.807, 2.05) is 0 Å². The molecule has 0 saturated carbocycles.